The Morgan fingerprint density at radius 1 is 1.21 bits per heavy atom. The number of fused-ring (bicyclic) bond motifs is 1. The highest BCUT2D eigenvalue weighted by molar-refractivity contribution is 7.99. The molecule has 0 fully saturated rings. The van der Waals surface area contributed by atoms with Gasteiger partial charge in [-0.25, -0.2) is 0 Å². The van der Waals surface area contributed by atoms with Crippen molar-refractivity contribution in [2.24, 2.45) is 0 Å². The highest BCUT2D eigenvalue weighted by Crippen LogP contribution is 2.29. The number of nitrogens with one attached hydrogen (secondary N) is 1. The molecule has 0 unspecified atom stereocenters. The molecule has 100 valence electrons. The first-order valence-electron chi connectivity index (χ1n) is 5.87. The number of thioether (sulfide) groups is 1. The summed E-state index contributed by atoms with van der Waals surface area (Å²) in [5, 5.41) is 4.55. The molecule has 0 heterocycles. The lowest BCUT2D eigenvalue weighted by Crippen LogP contribution is -2.09. The highest BCUT2D eigenvalue weighted by Gasteiger charge is 2.06. The Bertz CT molecular complexity index is 601. The molecule has 0 radical (unpaired) electrons. The van der Waals surface area contributed by atoms with Gasteiger partial charge >= 0.3 is 0 Å². The number of hydrogen-bond donors (Lipinski definition) is 1. The second-order valence-corrected chi connectivity index (χ2v) is 5.07. The quantitative estimate of drug-likeness (QED) is 0.836. The number of hydrogen-bond acceptors (Lipinski definition) is 2. The number of carbonyl (C=O) groups is 1. The maximum absolute atomic E-state index is 12.3. The van der Waals surface area contributed by atoms with Crippen LogP contribution in [0, 0.1) is 0 Å². The minimum Gasteiger partial charge on any atom is -0.326 e. The van der Waals surface area contributed by atoms with E-state index in [9.17, 15) is 13.6 Å². The fourth-order valence-corrected chi connectivity index (χ4v) is 2.27. The van der Waals surface area contributed by atoms with E-state index in [1.54, 1.807) is 31.2 Å². The van der Waals surface area contributed by atoms with Crippen molar-refractivity contribution in [3.05, 3.63) is 36.4 Å². The van der Waals surface area contributed by atoms with Gasteiger partial charge in [0, 0.05) is 17.0 Å². The molecule has 0 aliphatic carbocycles. The topological polar surface area (TPSA) is 29.1 Å². The third-order valence-electron chi connectivity index (χ3n) is 2.64. The fourth-order valence-electron chi connectivity index (χ4n) is 1.73. The van der Waals surface area contributed by atoms with E-state index in [0.717, 1.165) is 10.8 Å². The van der Waals surface area contributed by atoms with Gasteiger partial charge in [0.15, 0.2) is 0 Å². The van der Waals surface area contributed by atoms with Gasteiger partial charge in [0.1, 0.15) is 0 Å². The first-order valence-corrected chi connectivity index (χ1v) is 6.75. The molecule has 0 bridgehead atoms. The Morgan fingerprint density at radius 2 is 1.89 bits per heavy atom. The number of benzene rings is 2. The summed E-state index contributed by atoms with van der Waals surface area (Å²) >= 11 is 0.529. The summed E-state index contributed by atoms with van der Waals surface area (Å²) in [6, 6.07) is 10.6. The van der Waals surface area contributed by atoms with Gasteiger partial charge in [0.25, 0.3) is 5.76 Å². The lowest BCUT2D eigenvalue weighted by atomic mass is 10.1. The second kappa shape index (κ2) is 6.02. The van der Waals surface area contributed by atoms with Crippen molar-refractivity contribution in [1.29, 1.82) is 0 Å². The number of amides is 1. The SMILES string of the molecule is CCC(=O)Nc1ccc2cc(SC(F)F)ccc2c1. The van der Waals surface area contributed by atoms with Crippen molar-refractivity contribution in [2.45, 2.75) is 24.0 Å². The van der Waals surface area contributed by atoms with Gasteiger partial charge in [0.05, 0.1) is 0 Å². The van der Waals surface area contributed by atoms with Crippen LogP contribution in [0.4, 0.5) is 14.5 Å². The number of alkyl halides is 2. The molecule has 2 aromatic rings. The fraction of sp³-hybridized carbons (Fsp3) is 0.214. The summed E-state index contributed by atoms with van der Waals surface area (Å²) in [5.41, 5.74) is 0.716. The average Bonchev–Trinajstić information content (AvgIpc) is 2.38. The Balaban J connectivity index is 2.27. The van der Waals surface area contributed by atoms with Gasteiger partial charge in [-0.2, -0.15) is 8.78 Å². The normalized spacial score (nSPS) is 10.9. The molecule has 2 nitrogen and oxygen atoms in total. The zero-order valence-corrected chi connectivity index (χ0v) is 11.1. The molecule has 0 aromatic heterocycles. The smallest absolute Gasteiger partial charge is 0.288 e. The monoisotopic (exact) mass is 281 g/mol. The lowest BCUT2D eigenvalue weighted by Gasteiger charge is -2.07. The van der Waals surface area contributed by atoms with E-state index >= 15 is 0 Å². The first kappa shape index (κ1) is 13.8. The Hall–Kier alpha value is -1.62. The summed E-state index contributed by atoms with van der Waals surface area (Å²) in [4.78, 5) is 11.8. The van der Waals surface area contributed by atoms with Crippen molar-refractivity contribution in [2.75, 3.05) is 5.32 Å². The molecule has 0 spiro atoms. The van der Waals surface area contributed by atoms with E-state index in [2.05, 4.69) is 5.32 Å². The Morgan fingerprint density at radius 3 is 2.58 bits per heavy atom. The zero-order chi connectivity index (χ0) is 13.8. The average molecular weight is 281 g/mol. The minimum atomic E-state index is -2.42. The molecule has 19 heavy (non-hydrogen) atoms. The standard InChI is InChI=1S/C14H13F2NOS/c1-2-13(18)17-11-5-3-10-8-12(19-14(15)16)6-4-9(10)7-11/h3-8,14H,2H2,1H3,(H,17,18). The van der Waals surface area contributed by atoms with E-state index in [0.29, 0.717) is 28.8 Å². The maximum atomic E-state index is 12.3. The minimum absolute atomic E-state index is 0.0516. The van der Waals surface area contributed by atoms with Gasteiger partial charge in [-0.15, -0.1) is 0 Å². The van der Waals surface area contributed by atoms with Crippen LogP contribution >= 0.6 is 11.8 Å². The van der Waals surface area contributed by atoms with Crippen LogP contribution < -0.4 is 5.32 Å². The molecule has 0 aliphatic rings. The summed E-state index contributed by atoms with van der Waals surface area (Å²) in [6.45, 7) is 1.78. The molecular weight excluding hydrogens is 268 g/mol. The van der Waals surface area contributed by atoms with Crippen LogP contribution in [0.3, 0.4) is 0 Å². The number of carbonyl (C=O) groups excluding carboxylic acids is 1. The predicted octanol–water partition coefficient (Wildman–Crippen LogP) is 4.50. The molecule has 0 saturated carbocycles. The first-order chi connectivity index (χ1) is 9.08. The highest BCUT2D eigenvalue weighted by atomic mass is 32.2. The van der Waals surface area contributed by atoms with Crippen LogP contribution in [0.5, 0.6) is 0 Å². The summed E-state index contributed by atoms with van der Waals surface area (Å²) in [5.74, 6) is -2.47. The molecule has 0 aliphatic heterocycles. The van der Waals surface area contributed by atoms with Gasteiger partial charge < -0.3 is 5.32 Å². The molecule has 0 atom stereocenters. The van der Waals surface area contributed by atoms with Crippen LogP contribution in [0.2, 0.25) is 0 Å². The van der Waals surface area contributed by atoms with Gasteiger partial charge in [-0.05, 0) is 35.0 Å². The number of rotatable bonds is 4. The Labute approximate surface area is 114 Å². The van der Waals surface area contributed by atoms with Crippen molar-refractivity contribution >= 4 is 34.1 Å². The van der Waals surface area contributed by atoms with Crippen LogP contribution in [-0.2, 0) is 4.79 Å². The van der Waals surface area contributed by atoms with E-state index in [-0.39, 0.29) is 5.91 Å². The van der Waals surface area contributed by atoms with Gasteiger partial charge in [-0.3, -0.25) is 4.79 Å². The molecule has 1 amide bonds. The summed E-state index contributed by atoms with van der Waals surface area (Å²) in [7, 11) is 0. The third-order valence-corrected chi connectivity index (χ3v) is 3.35. The number of halogens is 2. The summed E-state index contributed by atoms with van der Waals surface area (Å²) < 4.78 is 24.6. The van der Waals surface area contributed by atoms with E-state index < -0.39 is 5.76 Å². The van der Waals surface area contributed by atoms with E-state index in [4.69, 9.17) is 0 Å². The lowest BCUT2D eigenvalue weighted by molar-refractivity contribution is -0.115. The summed E-state index contributed by atoms with van der Waals surface area (Å²) in [6.07, 6.45) is 0.419. The van der Waals surface area contributed by atoms with E-state index in [1.165, 1.54) is 0 Å². The number of anilines is 1. The molecule has 2 aromatic carbocycles. The van der Waals surface area contributed by atoms with Crippen molar-refractivity contribution in [3.8, 4) is 0 Å². The van der Waals surface area contributed by atoms with E-state index in [1.807, 2.05) is 12.1 Å². The van der Waals surface area contributed by atoms with Crippen LogP contribution in [-0.4, -0.2) is 11.7 Å². The molecule has 1 N–H and O–H groups in total. The largest absolute Gasteiger partial charge is 0.326 e. The Kier molecular flexibility index (Phi) is 4.37. The van der Waals surface area contributed by atoms with Crippen LogP contribution in [0.1, 0.15) is 13.3 Å². The van der Waals surface area contributed by atoms with Gasteiger partial charge in [-0.1, -0.05) is 30.8 Å². The van der Waals surface area contributed by atoms with Crippen molar-refractivity contribution in [3.63, 3.8) is 0 Å². The molecule has 2 rings (SSSR count). The molecule has 5 heteroatoms. The van der Waals surface area contributed by atoms with Crippen molar-refractivity contribution in [1.82, 2.24) is 0 Å². The molecule has 0 saturated heterocycles. The van der Waals surface area contributed by atoms with Crippen LogP contribution in [0.25, 0.3) is 10.8 Å². The van der Waals surface area contributed by atoms with Crippen LogP contribution in [0.15, 0.2) is 41.3 Å². The maximum Gasteiger partial charge on any atom is 0.288 e. The van der Waals surface area contributed by atoms with Crippen molar-refractivity contribution < 1.29 is 13.6 Å². The van der Waals surface area contributed by atoms with Gasteiger partial charge in [0.2, 0.25) is 5.91 Å². The third kappa shape index (κ3) is 3.67. The molecular formula is C14H13F2NOS. The zero-order valence-electron chi connectivity index (χ0n) is 10.3. The predicted molar refractivity (Wildman–Crippen MR) is 74.7 cm³/mol. The second-order valence-electron chi connectivity index (χ2n) is 4.00.